The molecule has 0 amide bonds. The van der Waals surface area contributed by atoms with Crippen molar-refractivity contribution in [1.82, 2.24) is 0 Å². The van der Waals surface area contributed by atoms with Crippen LogP contribution in [0.25, 0.3) is 16.0 Å². The van der Waals surface area contributed by atoms with Crippen LogP contribution in [0, 0.1) is 12.0 Å². The molecule has 190 valence electrons. The van der Waals surface area contributed by atoms with E-state index in [1.807, 2.05) is 24.3 Å². The molecule has 1 fully saturated rings. The van der Waals surface area contributed by atoms with Crippen LogP contribution in [0.15, 0.2) is 60.7 Å². The first-order chi connectivity index (χ1) is 18.0. The molecule has 1 atom stereocenters. The van der Waals surface area contributed by atoms with E-state index in [-0.39, 0.29) is 5.92 Å². The third-order valence-electron chi connectivity index (χ3n) is 7.67. The molecule has 37 heavy (non-hydrogen) atoms. The van der Waals surface area contributed by atoms with Crippen molar-refractivity contribution >= 4 is 11.7 Å². The number of ether oxygens (including phenoxy) is 3. The Labute approximate surface area is 219 Å². The second kappa shape index (κ2) is 10.8. The average molecular weight is 496 g/mol. The van der Waals surface area contributed by atoms with Crippen molar-refractivity contribution in [2.75, 3.05) is 19.8 Å². The van der Waals surface area contributed by atoms with Crippen LogP contribution in [0.5, 0.6) is 11.5 Å². The van der Waals surface area contributed by atoms with Gasteiger partial charge in [-0.2, -0.15) is 0 Å². The van der Waals surface area contributed by atoms with Crippen LogP contribution in [0.2, 0.25) is 0 Å². The van der Waals surface area contributed by atoms with E-state index in [1.165, 1.54) is 30.4 Å². The molecule has 5 heteroatoms. The molecule has 0 heterocycles. The van der Waals surface area contributed by atoms with Crippen LogP contribution in [0.1, 0.15) is 73.4 Å². The van der Waals surface area contributed by atoms with Crippen molar-refractivity contribution in [1.29, 1.82) is 0 Å². The predicted octanol–water partition coefficient (Wildman–Crippen LogP) is 7.95. The maximum atomic E-state index is 12.8. The molecule has 0 saturated heterocycles. The van der Waals surface area contributed by atoms with Crippen molar-refractivity contribution in [3.63, 3.8) is 0 Å². The standard InChI is InChI=1S/C32H33NO4/c1-22-29-19-23(31(34)37-25-10-8-24(33-3)9-11-25)7-13-27(29)28-14-12-26(20-30(22)28)36-18-5-4-17-35-21-32(2)15-6-16-32/h7-14,19-20,22H,4-6,15-18,21H2,1-2H3. The third-order valence-corrected chi connectivity index (χ3v) is 7.67. The van der Waals surface area contributed by atoms with Gasteiger partial charge in [0.05, 0.1) is 25.3 Å². The Morgan fingerprint density at radius 3 is 2.32 bits per heavy atom. The van der Waals surface area contributed by atoms with E-state index in [9.17, 15) is 4.79 Å². The Bertz CT molecular complexity index is 1320. The fourth-order valence-corrected chi connectivity index (χ4v) is 5.19. The average Bonchev–Trinajstić information content (AvgIpc) is 3.18. The van der Waals surface area contributed by atoms with Crippen LogP contribution in [0.4, 0.5) is 5.69 Å². The minimum Gasteiger partial charge on any atom is -0.494 e. The summed E-state index contributed by atoms with van der Waals surface area (Å²) < 4.78 is 17.5. The van der Waals surface area contributed by atoms with Gasteiger partial charge in [-0.1, -0.05) is 44.5 Å². The van der Waals surface area contributed by atoms with Gasteiger partial charge in [0, 0.05) is 12.5 Å². The lowest BCUT2D eigenvalue weighted by atomic mass is 9.71. The zero-order valence-corrected chi connectivity index (χ0v) is 21.6. The largest absolute Gasteiger partial charge is 0.494 e. The quantitative estimate of drug-likeness (QED) is 0.124. The molecule has 0 aliphatic heterocycles. The molecular formula is C32H33NO4. The zero-order chi connectivity index (χ0) is 25.8. The van der Waals surface area contributed by atoms with Crippen molar-refractivity contribution in [3.8, 4) is 22.6 Å². The van der Waals surface area contributed by atoms with Gasteiger partial charge in [0.15, 0.2) is 5.69 Å². The molecule has 0 aromatic heterocycles. The summed E-state index contributed by atoms with van der Waals surface area (Å²) in [5.41, 5.74) is 6.09. The number of nitrogens with zero attached hydrogens (tertiary/aromatic N) is 1. The first-order valence-corrected chi connectivity index (χ1v) is 13.1. The fourth-order valence-electron chi connectivity index (χ4n) is 5.19. The molecule has 0 bridgehead atoms. The van der Waals surface area contributed by atoms with E-state index in [4.69, 9.17) is 20.8 Å². The van der Waals surface area contributed by atoms with Crippen molar-refractivity contribution in [2.45, 2.75) is 51.9 Å². The van der Waals surface area contributed by atoms with Gasteiger partial charge in [-0.15, -0.1) is 0 Å². The number of fused-ring (bicyclic) bond motifs is 3. The molecule has 0 spiro atoms. The Kier molecular flexibility index (Phi) is 7.30. The van der Waals surface area contributed by atoms with Crippen LogP contribution in [0.3, 0.4) is 0 Å². The Hall–Kier alpha value is -3.62. The first-order valence-electron chi connectivity index (χ1n) is 13.1. The number of esters is 1. The van der Waals surface area contributed by atoms with E-state index >= 15 is 0 Å². The summed E-state index contributed by atoms with van der Waals surface area (Å²) in [6.45, 7) is 13.9. The van der Waals surface area contributed by atoms with Crippen LogP contribution in [-0.2, 0) is 4.74 Å². The maximum Gasteiger partial charge on any atom is 0.343 e. The molecule has 3 aromatic carbocycles. The highest BCUT2D eigenvalue weighted by Crippen LogP contribution is 2.46. The van der Waals surface area contributed by atoms with E-state index in [0.717, 1.165) is 42.9 Å². The van der Waals surface area contributed by atoms with Crippen molar-refractivity contribution in [2.24, 2.45) is 5.41 Å². The number of rotatable bonds is 10. The molecule has 1 unspecified atom stereocenters. The fraction of sp³-hybridized carbons (Fsp3) is 0.375. The van der Waals surface area contributed by atoms with Gasteiger partial charge in [-0.25, -0.2) is 9.64 Å². The third kappa shape index (κ3) is 5.55. The first kappa shape index (κ1) is 25.0. The highest BCUT2D eigenvalue weighted by molar-refractivity contribution is 5.93. The van der Waals surface area contributed by atoms with Gasteiger partial charge in [-0.05, 0) is 89.8 Å². The van der Waals surface area contributed by atoms with Gasteiger partial charge >= 0.3 is 5.97 Å². The van der Waals surface area contributed by atoms with Crippen molar-refractivity contribution < 1.29 is 19.0 Å². The SMILES string of the molecule is [C-]#[N+]c1ccc(OC(=O)c2ccc3c(c2)C(C)c2cc(OCCCCOCC4(C)CCC4)ccc2-3)cc1. The molecule has 2 aliphatic carbocycles. The van der Waals surface area contributed by atoms with Gasteiger partial charge < -0.3 is 14.2 Å². The number of carbonyl (C=O) groups excluding carboxylic acids is 1. The van der Waals surface area contributed by atoms with Gasteiger partial charge in [-0.3, -0.25) is 0 Å². The summed E-state index contributed by atoms with van der Waals surface area (Å²) in [6, 6.07) is 18.6. The lowest BCUT2D eigenvalue weighted by Gasteiger charge is -2.37. The summed E-state index contributed by atoms with van der Waals surface area (Å²) in [5, 5.41) is 0. The Morgan fingerprint density at radius 1 is 0.946 bits per heavy atom. The van der Waals surface area contributed by atoms with Gasteiger partial charge in [0.25, 0.3) is 0 Å². The number of hydrogen-bond donors (Lipinski definition) is 0. The number of benzene rings is 3. The number of carbonyl (C=O) groups is 1. The van der Waals surface area contributed by atoms with E-state index in [2.05, 4.69) is 30.8 Å². The van der Waals surface area contributed by atoms with E-state index < -0.39 is 5.97 Å². The second-order valence-corrected chi connectivity index (χ2v) is 10.5. The molecular weight excluding hydrogens is 462 g/mol. The summed E-state index contributed by atoms with van der Waals surface area (Å²) in [4.78, 5) is 16.1. The number of hydrogen-bond acceptors (Lipinski definition) is 4. The Balaban J connectivity index is 1.15. The highest BCUT2D eigenvalue weighted by Gasteiger charge is 2.31. The summed E-state index contributed by atoms with van der Waals surface area (Å²) in [6.07, 6.45) is 5.90. The minimum absolute atomic E-state index is 0.153. The molecule has 1 saturated carbocycles. The van der Waals surface area contributed by atoms with E-state index in [1.54, 1.807) is 24.3 Å². The lowest BCUT2D eigenvalue weighted by molar-refractivity contribution is 0.00490. The molecule has 0 N–H and O–H groups in total. The van der Waals surface area contributed by atoms with Crippen LogP contribution in [-0.4, -0.2) is 25.8 Å². The molecule has 0 radical (unpaired) electrons. The predicted molar refractivity (Wildman–Crippen MR) is 145 cm³/mol. The smallest absolute Gasteiger partial charge is 0.343 e. The summed E-state index contributed by atoms with van der Waals surface area (Å²) in [7, 11) is 0. The topological polar surface area (TPSA) is 49.1 Å². The monoisotopic (exact) mass is 495 g/mol. The highest BCUT2D eigenvalue weighted by atomic mass is 16.5. The normalized spacial score (nSPS) is 16.7. The second-order valence-electron chi connectivity index (χ2n) is 10.5. The summed E-state index contributed by atoms with van der Waals surface area (Å²) in [5.74, 6) is 1.05. The van der Waals surface area contributed by atoms with Gasteiger partial charge in [0.2, 0.25) is 0 Å². The van der Waals surface area contributed by atoms with Crippen LogP contribution < -0.4 is 9.47 Å². The molecule has 5 rings (SSSR count). The number of unbranched alkanes of at least 4 members (excludes halogenated alkanes) is 1. The lowest BCUT2D eigenvalue weighted by Crippen LogP contribution is -2.31. The minimum atomic E-state index is -0.406. The maximum absolute atomic E-state index is 12.8. The van der Waals surface area contributed by atoms with Crippen LogP contribution >= 0.6 is 0 Å². The zero-order valence-electron chi connectivity index (χ0n) is 21.6. The Morgan fingerprint density at radius 2 is 1.62 bits per heavy atom. The molecule has 2 aliphatic rings. The van der Waals surface area contributed by atoms with Gasteiger partial charge in [0.1, 0.15) is 11.5 Å². The molecule has 5 nitrogen and oxygen atoms in total. The van der Waals surface area contributed by atoms with E-state index in [0.29, 0.717) is 29.0 Å². The molecule has 3 aromatic rings. The summed E-state index contributed by atoms with van der Waals surface area (Å²) >= 11 is 0. The van der Waals surface area contributed by atoms with Crippen molar-refractivity contribution in [3.05, 3.63) is 88.8 Å².